The van der Waals surface area contributed by atoms with E-state index in [0.29, 0.717) is 57.9 Å². The van der Waals surface area contributed by atoms with Gasteiger partial charge in [0, 0.05) is 22.4 Å². The van der Waals surface area contributed by atoms with E-state index >= 15 is 0 Å². The van der Waals surface area contributed by atoms with Crippen LogP contribution in [0.1, 0.15) is 98.9 Å². The number of unbranched alkanes of at least 4 members (excludes halogenated alkanes) is 3. The van der Waals surface area contributed by atoms with Crippen LogP contribution in [0.15, 0.2) is 56.6 Å². The van der Waals surface area contributed by atoms with Crippen LogP contribution in [0.5, 0.6) is 11.5 Å². The number of allylic oxidation sites excluding steroid dienone is 1. The molecule has 0 amide bonds. The number of hydrogen-bond donors (Lipinski definition) is 3. The highest BCUT2D eigenvalue weighted by molar-refractivity contribution is 7.80. The Kier molecular flexibility index (Phi) is 11.9. The first-order valence-corrected chi connectivity index (χ1v) is 14.7. The number of phenolic OH excluding ortho intramolecular Hbond substituents is 1. The number of fused-ring (bicyclic) bond motifs is 1. The topological polar surface area (TPSA) is 97.0 Å². The number of carbonyl (C=O) groups is 1. The average molecular weight is 567 g/mol. The molecule has 3 aromatic rings. The number of Topliss-reactive ketones (excluding diaryl/α,β-unsaturated/α-hetero) is 1. The van der Waals surface area contributed by atoms with Gasteiger partial charge in [-0.3, -0.25) is 9.59 Å². The molecule has 0 aliphatic rings. The molecule has 40 heavy (non-hydrogen) atoms. The Labute approximate surface area is 242 Å². The summed E-state index contributed by atoms with van der Waals surface area (Å²) >= 11 is 4.54. The van der Waals surface area contributed by atoms with E-state index < -0.39 is 6.10 Å². The number of hydrogen-bond acceptors (Lipinski definition) is 7. The lowest BCUT2D eigenvalue weighted by Gasteiger charge is -2.22. The third-order valence-corrected chi connectivity index (χ3v) is 7.34. The molecule has 0 aliphatic heterocycles. The van der Waals surface area contributed by atoms with Crippen LogP contribution in [0.2, 0.25) is 0 Å². The molecule has 1 heterocycles. The largest absolute Gasteiger partial charge is 0.507 e. The van der Waals surface area contributed by atoms with Crippen LogP contribution in [0.3, 0.4) is 0 Å². The summed E-state index contributed by atoms with van der Waals surface area (Å²) in [4.78, 5) is 25.4. The van der Waals surface area contributed by atoms with Crippen molar-refractivity contribution in [2.24, 2.45) is 0 Å². The van der Waals surface area contributed by atoms with Crippen molar-refractivity contribution in [1.82, 2.24) is 0 Å². The third kappa shape index (κ3) is 8.01. The van der Waals surface area contributed by atoms with Crippen molar-refractivity contribution in [3.63, 3.8) is 0 Å². The second kappa shape index (κ2) is 15.1. The minimum absolute atomic E-state index is 0.0180. The number of aromatic hydroxyl groups is 1. The zero-order valence-electron chi connectivity index (χ0n) is 24.0. The van der Waals surface area contributed by atoms with E-state index in [1.54, 1.807) is 25.1 Å². The van der Waals surface area contributed by atoms with Gasteiger partial charge in [-0.05, 0) is 75.8 Å². The predicted molar refractivity (Wildman–Crippen MR) is 163 cm³/mol. The van der Waals surface area contributed by atoms with Crippen LogP contribution in [-0.2, 0) is 6.42 Å². The molecule has 0 unspecified atom stereocenters. The Bertz CT molecular complexity index is 1380. The first kappa shape index (κ1) is 31.5. The molecule has 2 atom stereocenters. The normalized spacial score (nSPS) is 13.2. The molecule has 216 valence electrons. The Balaban J connectivity index is 1.70. The minimum atomic E-state index is -0.638. The fraction of sp³-hybridized carbons (Fsp3) is 0.455. The van der Waals surface area contributed by atoms with Crippen LogP contribution in [0, 0.1) is 6.92 Å². The molecule has 2 N–H and O–H groups in total. The molecule has 0 saturated carbocycles. The Morgan fingerprint density at radius 1 is 1.12 bits per heavy atom. The van der Waals surface area contributed by atoms with Crippen molar-refractivity contribution >= 4 is 29.4 Å². The molecule has 0 spiro atoms. The molecular weight excluding hydrogens is 524 g/mol. The maximum absolute atomic E-state index is 12.9. The maximum atomic E-state index is 12.9. The smallest absolute Gasteiger partial charge is 0.193 e. The summed E-state index contributed by atoms with van der Waals surface area (Å²) in [6.45, 7) is 7.78. The summed E-state index contributed by atoms with van der Waals surface area (Å²) in [5, 5.41) is 22.2. The van der Waals surface area contributed by atoms with Gasteiger partial charge in [0.15, 0.2) is 11.2 Å². The van der Waals surface area contributed by atoms with Crippen LogP contribution in [0.4, 0.5) is 0 Å². The average Bonchev–Trinajstić information content (AvgIpc) is 2.89. The van der Waals surface area contributed by atoms with Gasteiger partial charge in [0.25, 0.3) is 0 Å². The van der Waals surface area contributed by atoms with Crippen molar-refractivity contribution in [3.05, 3.63) is 75.2 Å². The van der Waals surface area contributed by atoms with Crippen molar-refractivity contribution in [2.45, 2.75) is 96.0 Å². The zero-order valence-corrected chi connectivity index (χ0v) is 24.9. The molecule has 0 radical (unpaired) electrons. The van der Waals surface area contributed by atoms with Crippen molar-refractivity contribution < 1.29 is 24.2 Å². The van der Waals surface area contributed by atoms with Gasteiger partial charge in [-0.1, -0.05) is 45.3 Å². The molecule has 6 nitrogen and oxygen atoms in total. The molecule has 0 saturated heterocycles. The number of aliphatic hydroxyl groups is 1. The standard InChI is InChI=1S/C33H42O6S/c1-5-7-14-28(35)25(27-19-23(40)20-31-32(27)29(36)18-21(3)39-31)13-10-8-9-11-17-38-30-16-15-24(22(4)34)33(37)26(30)12-6-2/h10,13,15-16,18-20,25,28,35,37,40H,5-9,11-12,14,17H2,1-4H3/t25-,28+/m1/s1. The summed E-state index contributed by atoms with van der Waals surface area (Å²) in [6, 6.07) is 8.47. The van der Waals surface area contributed by atoms with E-state index in [4.69, 9.17) is 9.15 Å². The molecule has 7 heteroatoms. The summed E-state index contributed by atoms with van der Waals surface area (Å²) in [7, 11) is 0. The minimum Gasteiger partial charge on any atom is -0.507 e. The number of benzene rings is 2. The molecule has 0 fully saturated rings. The molecule has 3 rings (SSSR count). The van der Waals surface area contributed by atoms with E-state index in [1.807, 2.05) is 19.1 Å². The number of phenols is 1. The monoisotopic (exact) mass is 566 g/mol. The Hall–Kier alpha value is -3.03. The van der Waals surface area contributed by atoms with Gasteiger partial charge in [0.05, 0.1) is 23.7 Å². The van der Waals surface area contributed by atoms with E-state index in [9.17, 15) is 19.8 Å². The summed E-state index contributed by atoms with van der Waals surface area (Å²) in [6.07, 6.45) is 9.81. The molecule has 1 aromatic heterocycles. The van der Waals surface area contributed by atoms with Gasteiger partial charge in [-0.2, -0.15) is 0 Å². The first-order valence-electron chi connectivity index (χ1n) is 14.3. The number of rotatable bonds is 15. The van der Waals surface area contributed by atoms with Gasteiger partial charge in [0.1, 0.15) is 22.8 Å². The van der Waals surface area contributed by atoms with Crippen molar-refractivity contribution in [3.8, 4) is 11.5 Å². The van der Waals surface area contributed by atoms with Crippen molar-refractivity contribution in [2.75, 3.05) is 6.61 Å². The van der Waals surface area contributed by atoms with E-state index in [1.165, 1.54) is 13.0 Å². The lowest BCUT2D eigenvalue weighted by atomic mass is 9.87. The van der Waals surface area contributed by atoms with Crippen LogP contribution < -0.4 is 10.2 Å². The van der Waals surface area contributed by atoms with Gasteiger partial charge >= 0.3 is 0 Å². The van der Waals surface area contributed by atoms with E-state index in [0.717, 1.165) is 44.1 Å². The highest BCUT2D eigenvalue weighted by atomic mass is 32.1. The fourth-order valence-corrected chi connectivity index (χ4v) is 5.29. The Morgan fingerprint density at radius 2 is 1.90 bits per heavy atom. The van der Waals surface area contributed by atoms with E-state index in [2.05, 4.69) is 25.6 Å². The van der Waals surface area contributed by atoms with Gasteiger partial charge < -0.3 is 19.4 Å². The van der Waals surface area contributed by atoms with Crippen LogP contribution in [-0.4, -0.2) is 28.7 Å². The predicted octanol–water partition coefficient (Wildman–Crippen LogP) is 7.69. The summed E-state index contributed by atoms with van der Waals surface area (Å²) in [5.74, 6) is 0.643. The number of aliphatic hydroxyl groups excluding tert-OH is 1. The summed E-state index contributed by atoms with van der Waals surface area (Å²) < 4.78 is 11.8. The molecular formula is C33H42O6S. The number of thiol groups is 1. The van der Waals surface area contributed by atoms with Gasteiger partial charge in [-0.25, -0.2) is 0 Å². The lowest BCUT2D eigenvalue weighted by molar-refractivity contribution is 0.101. The number of aryl methyl sites for hydroxylation is 1. The number of carbonyl (C=O) groups excluding carboxylic acids is 1. The maximum Gasteiger partial charge on any atom is 0.193 e. The van der Waals surface area contributed by atoms with E-state index in [-0.39, 0.29) is 22.9 Å². The quantitative estimate of drug-likeness (QED) is 0.0755. The first-order chi connectivity index (χ1) is 19.2. The van der Waals surface area contributed by atoms with Gasteiger partial charge in [0.2, 0.25) is 0 Å². The third-order valence-electron chi connectivity index (χ3n) is 7.08. The fourth-order valence-electron chi connectivity index (χ4n) is 5.04. The SMILES string of the molecule is CCCC[C@H](O)[C@H](C=CCCCCOc1ccc(C(C)=O)c(O)c1CCC)c1cc(S)cc2oc(C)cc(=O)c12. The molecule has 2 aromatic carbocycles. The second-order valence-corrected chi connectivity index (χ2v) is 10.9. The van der Waals surface area contributed by atoms with Crippen LogP contribution >= 0.6 is 12.6 Å². The second-order valence-electron chi connectivity index (χ2n) is 10.4. The lowest BCUT2D eigenvalue weighted by Crippen LogP contribution is -2.19. The van der Waals surface area contributed by atoms with Gasteiger partial charge in [-0.15, -0.1) is 12.6 Å². The number of ketones is 1. The highest BCUT2D eigenvalue weighted by Crippen LogP contribution is 2.34. The summed E-state index contributed by atoms with van der Waals surface area (Å²) in [5.41, 5.74) is 2.09. The van der Waals surface area contributed by atoms with Crippen LogP contribution in [0.25, 0.3) is 11.0 Å². The molecule has 0 aliphatic carbocycles. The molecule has 0 bridgehead atoms. The van der Waals surface area contributed by atoms with Crippen molar-refractivity contribution in [1.29, 1.82) is 0 Å². The Morgan fingerprint density at radius 3 is 2.60 bits per heavy atom. The zero-order chi connectivity index (χ0) is 29.2. The number of ether oxygens (including phenoxy) is 1. The highest BCUT2D eigenvalue weighted by Gasteiger charge is 2.23.